The van der Waals surface area contributed by atoms with Crippen LogP contribution in [0.3, 0.4) is 0 Å². The number of hydrogen-bond donors (Lipinski definition) is 0. The summed E-state index contributed by atoms with van der Waals surface area (Å²) in [6, 6.07) is 12.6. The third-order valence-electron chi connectivity index (χ3n) is 5.81. The molecule has 2 aromatic rings. The minimum atomic E-state index is -0.499. The number of carbonyl (C=O) groups excluding carboxylic acids is 1. The molecule has 1 aromatic carbocycles. The summed E-state index contributed by atoms with van der Waals surface area (Å²) in [7, 11) is 0. The summed E-state index contributed by atoms with van der Waals surface area (Å²) >= 11 is 1.73. The largest absolute Gasteiger partial charge is 0.465 e. The second-order valence-electron chi connectivity index (χ2n) is 7.58. The Morgan fingerprint density at radius 3 is 2.58 bits per heavy atom. The van der Waals surface area contributed by atoms with E-state index < -0.39 is 5.41 Å². The Morgan fingerprint density at radius 1 is 1.19 bits per heavy atom. The van der Waals surface area contributed by atoms with Crippen molar-refractivity contribution in [1.82, 2.24) is 4.90 Å². The molecule has 2 aliphatic rings. The molecule has 0 N–H and O–H groups in total. The fraction of sp³-hybridized carbons (Fsp3) is 0.500. The number of hydrogen-bond acceptors (Lipinski definition) is 4. The van der Waals surface area contributed by atoms with E-state index in [1.807, 2.05) is 13.0 Å². The van der Waals surface area contributed by atoms with E-state index in [-0.39, 0.29) is 5.97 Å². The first kappa shape index (κ1) is 17.7. The zero-order chi connectivity index (χ0) is 18.0. The van der Waals surface area contributed by atoms with Gasteiger partial charge in [0.15, 0.2) is 0 Å². The molecule has 2 fully saturated rings. The van der Waals surface area contributed by atoms with Gasteiger partial charge in [-0.3, -0.25) is 4.79 Å². The molecular weight excluding hydrogens is 342 g/mol. The van der Waals surface area contributed by atoms with Crippen molar-refractivity contribution in [3.05, 3.63) is 47.3 Å². The summed E-state index contributed by atoms with van der Waals surface area (Å²) in [6.07, 6.45) is 4.47. The van der Waals surface area contributed by atoms with Crippen LogP contribution in [0.25, 0.3) is 10.4 Å². The maximum absolute atomic E-state index is 13.1. The molecule has 0 radical (unpaired) electrons. The quantitative estimate of drug-likeness (QED) is 0.690. The monoisotopic (exact) mass is 369 g/mol. The number of nitrogens with zero attached hydrogens (tertiary/aromatic N) is 1. The number of piperidine rings is 1. The van der Waals surface area contributed by atoms with Crippen molar-refractivity contribution in [2.24, 2.45) is 5.92 Å². The van der Waals surface area contributed by atoms with Crippen molar-refractivity contribution >= 4 is 17.3 Å². The molecule has 138 valence electrons. The molecule has 26 heavy (non-hydrogen) atoms. The van der Waals surface area contributed by atoms with Crippen LogP contribution in [-0.2, 0) is 14.9 Å². The van der Waals surface area contributed by atoms with Gasteiger partial charge in [0.05, 0.1) is 12.0 Å². The summed E-state index contributed by atoms with van der Waals surface area (Å²) in [6.45, 7) is 5.52. The molecule has 3 nitrogen and oxygen atoms in total. The average molecular weight is 370 g/mol. The van der Waals surface area contributed by atoms with Crippen LogP contribution in [-0.4, -0.2) is 37.1 Å². The lowest BCUT2D eigenvalue weighted by molar-refractivity contribution is -0.152. The third-order valence-corrected chi connectivity index (χ3v) is 6.77. The van der Waals surface area contributed by atoms with Gasteiger partial charge >= 0.3 is 5.97 Å². The lowest BCUT2D eigenvalue weighted by Gasteiger charge is -2.40. The van der Waals surface area contributed by atoms with Gasteiger partial charge in [0.25, 0.3) is 0 Å². The number of likely N-dealkylation sites (tertiary alicyclic amines) is 1. The van der Waals surface area contributed by atoms with Crippen LogP contribution in [0.4, 0.5) is 0 Å². The second-order valence-corrected chi connectivity index (χ2v) is 8.49. The minimum Gasteiger partial charge on any atom is -0.465 e. The van der Waals surface area contributed by atoms with E-state index in [9.17, 15) is 4.79 Å². The first-order valence-corrected chi connectivity index (χ1v) is 10.6. The molecule has 1 saturated heterocycles. The number of ether oxygens (including phenoxy) is 1. The predicted molar refractivity (Wildman–Crippen MR) is 106 cm³/mol. The molecule has 2 heterocycles. The van der Waals surface area contributed by atoms with Crippen LogP contribution in [0.5, 0.6) is 0 Å². The first-order chi connectivity index (χ1) is 12.7. The van der Waals surface area contributed by atoms with Crippen LogP contribution >= 0.6 is 11.3 Å². The molecule has 1 aromatic heterocycles. The highest BCUT2D eigenvalue weighted by Gasteiger charge is 2.46. The summed E-state index contributed by atoms with van der Waals surface area (Å²) in [5.74, 6) is 0.854. The van der Waals surface area contributed by atoms with Gasteiger partial charge in [-0.25, -0.2) is 0 Å². The van der Waals surface area contributed by atoms with Gasteiger partial charge in [-0.1, -0.05) is 30.3 Å². The minimum absolute atomic E-state index is 0.0401. The molecule has 0 spiro atoms. The van der Waals surface area contributed by atoms with E-state index in [0.29, 0.717) is 6.61 Å². The number of benzene rings is 1. The second kappa shape index (κ2) is 7.53. The van der Waals surface area contributed by atoms with E-state index >= 15 is 0 Å². The Balaban J connectivity index is 1.64. The highest BCUT2D eigenvalue weighted by atomic mass is 32.1. The molecule has 1 aliphatic heterocycles. The molecule has 4 rings (SSSR count). The number of esters is 1. The SMILES string of the molecule is CCOC(=O)C1(c2ccsc2-c2ccccc2)CCN(CC2CC2)CC1. The Morgan fingerprint density at radius 2 is 1.92 bits per heavy atom. The summed E-state index contributed by atoms with van der Waals surface area (Å²) in [5, 5.41) is 2.12. The predicted octanol–water partition coefficient (Wildman–Crippen LogP) is 4.72. The van der Waals surface area contributed by atoms with Crippen molar-refractivity contribution < 1.29 is 9.53 Å². The van der Waals surface area contributed by atoms with Crippen LogP contribution < -0.4 is 0 Å². The van der Waals surface area contributed by atoms with Gasteiger partial charge in [0, 0.05) is 11.4 Å². The normalized spacial score (nSPS) is 20.0. The van der Waals surface area contributed by atoms with Crippen molar-refractivity contribution in [2.75, 3.05) is 26.2 Å². The fourth-order valence-corrected chi connectivity index (χ4v) is 5.14. The maximum atomic E-state index is 13.1. The zero-order valence-electron chi connectivity index (χ0n) is 15.4. The highest BCUT2D eigenvalue weighted by molar-refractivity contribution is 7.13. The van der Waals surface area contributed by atoms with Crippen molar-refractivity contribution in [3.8, 4) is 10.4 Å². The lowest BCUT2D eigenvalue weighted by atomic mass is 9.72. The first-order valence-electron chi connectivity index (χ1n) is 9.76. The summed E-state index contributed by atoms with van der Waals surface area (Å²) in [4.78, 5) is 16.9. The van der Waals surface area contributed by atoms with Crippen molar-refractivity contribution in [2.45, 2.75) is 38.0 Å². The van der Waals surface area contributed by atoms with Gasteiger partial charge in [-0.05, 0) is 74.2 Å². The summed E-state index contributed by atoms with van der Waals surface area (Å²) in [5.41, 5.74) is 1.86. The van der Waals surface area contributed by atoms with Gasteiger partial charge in [-0.2, -0.15) is 0 Å². The van der Waals surface area contributed by atoms with Crippen LogP contribution in [0.2, 0.25) is 0 Å². The molecule has 1 aliphatic carbocycles. The molecule has 0 atom stereocenters. The summed E-state index contributed by atoms with van der Waals surface area (Å²) < 4.78 is 5.58. The Labute approximate surface area is 160 Å². The zero-order valence-corrected chi connectivity index (χ0v) is 16.3. The third kappa shape index (κ3) is 3.45. The van der Waals surface area contributed by atoms with Gasteiger partial charge in [0.2, 0.25) is 0 Å². The number of rotatable bonds is 6. The molecular formula is C22H27NO2S. The van der Waals surface area contributed by atoms with Crippen molar-refractivity contribution in [1.29, 1.82) is 0 Å². The maximum Gasteiger partial charge on any atom is 0.316 e. The molecule has 0 unspecified atom stereocenters. The van der Waals surface area contributed by atoms with Crippen LogP contribution in [0.15, 0.2) is 41.8 Å². The fourth-order valence-electron chi connectivity index (χ4n) is 4.13. The smallest absolute Gasteiger partial charge is 0.316 e. The van der Waals surface area contributed by atoms with E-state index in [0.717, 1.165) is 31.8 Å². The van der Waals surface area contributed by atoms with Crippen molar-refractivity contribution in [3.63, 3.8) is 0 Å². The van der Waals surface area contributed by atoms with E-state index in [1.54, 1.807) is 11.3 Å². The van der Waals surface area contributed by atoms with Gasteiger partial charge in [0.1, 0.15) is 0 Å². The number of carbonyl (C=O) groups is 1. The Bertz CT molecular complexity index is 743. The van der Waals surface area contributed by atoms with Gasteiger partial charge in [-0.15, -0.1) is 11.3 Å². The average Bonchev–Trinajstić information content (AvgIpc) is 3.35. The molecule has 4 heteroatoms. The van der Waals surface area contributed by atoms with Crippen LogP contribution in [0.1, 0.15) is 38.2 Å². The lowest BCUT2D eigenvalue weighted by Crippen LogP contribution is -2.48. The van der Waals surface area contributed by atoms with Crippen LogP contribution in [0, 0.1) is 5.92 Å². The highest BCUT2D eigenvalue weighted by Crippen LogP contribution is 2.44. The van der Waals surface area contributed by atoms with E-state index in [1.165, 1.54) is 35.4 Å². The number of thiophene rings is 1. The molecule has 0 bridgehead atoms. The Hall–Kier alpha value is -1.65. The molecule has 0 amide bonds. The standard InChI is InChI=1S/C22H27NO2S/c1-2-25-21(24)22(11-13-23(14-12-22)16-17-8-9-17)19-10-15-26-20(19)18-6-4-3-5-7-18/h3-7,10,15,17H,2,8-9,11-14,16H2,1H3. The van der Waals surface area contributed by atoms with Gasteiger partial charge < -0.3 is 9.64 Å². The topological polar surface area (TPSA) is 29.5 Å². The van der Waals surface area contributed by atoms with E-state index in [4.69, 9.17) is 4.74 Å². The molecule has 1 saturated carbocycles. The Kier molecular flexibility index (Phi) is 5.14. The van der Waals surface area contributed by atoms with E-state index in [2.05, 4.69) is 40.6 Å².